The van der Waals surface area contributed by atoms with Crippen LogP contribution < -0.4 is 0 Å². The summed E-state index contributed by atoms with van der Waals surface area (Å²) in [5.74, 6) is -1.77. The average molecular weight is 324 g/mol. The highest BCUT2D eigenvalue weighted by atomic mass is 19.2. The van der Waals surface area contributed by atoms with Crippen molar-refractivity contribution >= 4 is 0 Å². The summed E-state index contributed by atoms with van der Waals surface area (Å²) in [6.07, 6.45) is 5.48. The zero-order valence-electron chi connectivity index (χ0n) is 13.6. The number of benzene rings is 1. The van der Waals surface area contributed by atoms with E-state index in [4.69, 9.17) is 0 Å². The summed E-state index contributed by atoms with van der Waals surface area (Å²) in [7, 11) is 0. The first-order valence-corrected chi connectivity index (χ1v) is 8.73. The molecule has 128 valence electrons. The Bertz CT molecular complexity index is 520. The maximum absolute atomic E-state index is 13.3. The maximum Gasteiger partial charge on any atom is 0.159 e. The number of nitrogens with zero attached hydrogens (tertiary/aromatic N) is 2. The van der Waals surface area contributed by atoms with Crippen LogP contribution in [0.15, 0.2) is 18.2 Å². The Labute approximate surface area is 136 Å². The molecule has 1 N–H and O–H groups in total. The number of piperidine rings is 2. The summed E-state index contributed by atoms with van der Waals surface area (Å²) in [4.78, 5) is 4.84. The van der Waals surface area contributed by atoms with Crippen LogP contribution in [0.3, 0.4) is 0 Å². The molecule has 2 aliphatic heterocycles. The van der Waals surface area contributed by atoms with Crippen molar-refractivity contribution in [1.29, 1.82) is 0 Å². The van der Waals surface area contributed by atoms with E-state index in [1.165, 1.54) is 44.8 Å². The van der Waals surface area contributed by atoms with E-state index in [-0.39, 0.29) is 0 Å². The molecule has 1 aromatic carbocycles. The van der Waals surface area contributed by atoms with Crippen molar-refractivity contribution in [3.63, 3.8) is 0 Å². The number of rotatable bonds is 4. The van der Waals surface area contributed by atoms with Crippen molar-refractivity contribution in [2.75, 3.05) is 32.7 Å². The van der Waals surface area contributed by atoms with Gasteiger partial charge in [-0.15, -0.1) is 0 Å². The van der Waals surface area contributed by atoms with Crippen LogP contribution >= 0.6 is 0 Å². The number of hydrogen-bond donors (Lipinski definition) is 1. The van der Waals surface area contributed by atoms with Crippen molar-refractivity contribution in [3.05, 3.63) is 35.4 Å². The molecule has 0 unspecified atom stereocenters. The van der Waals surface area contributed by atoms with E-state index in [1.807, 2.05) is 0 Å². The lowest BCUT2D eigenvalue weighted by molar-refractivity contribution is 0.0499. The highest BCUT2D eigenvalue weighted by Crippen LogP contribution is 2.23. The fourth-order valence-corrected chi connectivity index (χ4v) is 3.85. The summed E-state index contributed by atoms with van der Waals surface area (Å²) < 4.78 is 26.3. The first-order valence-electron chi connectivity index (χ1n) is 8.73. The third-order valence-electron chi connectivity index (χ3n) is 5.15. The van der Waals surface area contributed by atoms with Crippen LogP contribution in [-0.4, -0.2) is 53.7 Å². The van der Waals surface area contributed by atoms with Crippen molar-refractivity contribution in [2.45, 2.75) is 44.2 Å². The fraction of sp³-hybridized carbons (Fsp3) is 0.667. The predicted molar refractivity (Wildman–Crippen MR) is 86.2 cm³/mol. The van der Waals surface area contributed by atoms with Gasteiger partial charge in [0.05, 0.1) is 6.10 Å². The lowest BCUT2D eigenvalue weighted by atomic mass is 10.00. The second kappa shape index (κ2) is 7.69. The standard InChI is InChI=1S/C18H26F2N2O/c19-16-7-6-14(11-17(16)20)18(23)13-21-8-4-5-15(12-21)22-9-2-1-3-10-22/h6-7,11,15,18,23H,1-5,8-10,12-13H2/t15-,18-/m1/s1. The molecule has 0 radical (unpaired) electrons. The summed E-state index contributed by atoms with van der Waals surface area (Å²) in [6, 6.07) is 4.23. The van der Waals surface area contributed by atoms with Gasteiger partial charge < -0.3 is 5.11 Å². The third kappa shape index (κ3) is 4.28. The molecule has 5 heteroatoms. The van der Waals surface area contributed by atoms with Gasteiger partial charge in [-0.1, -0.05) is 12.5 Å². The van der Waals surface area contributed by atoms with Gasteiger partial charge in [-0.25, -0.2) is 8.78 Å². The summed E-state index contributed by atoms with van der Waals surface area (Å²) in [5, 5.41) is 10.3. The summed E-state index contributed by atoms with van der Waals surface area (Å²) >= 11 is 0. The van der Waals surface area contributed by atoms with Crippen LogP contribution in [0, 0.1) is 11.6 Å². The molecular weight excluding hydrogens is 298 g/mol. The topological polar surface area (TPSA) is 26.7 Å². The molecule has 3 rings (SSSR count). The molecule has 2 heterocycles. The van der Waals surface area contributed by atoms with Crippen LogP contribution in [0.2, 0.25) is 0 Å². The zero-order valence-corrected chi connectivity index (χ0v) is 13.6. The molecule has 2 saturated heterocycles. The average Bonchev–Trinajstić information content (AvgIpc) is 2.58. The predicted octanol–water partition coefficient (Wildman–Crippen LogP) is 2.95. The van der Waals surface area contributed by atoms with E-state index < -0.39 is 17.7 Å². The number of hydrogen-bond acceptors (Lipinski definition) is 3. The fourth-order valence-electron chi connectivity index (χ4n) is 3.85. The van der Waals surface area contributed by atoms with Gasteiger partial charge in [-0.3, -0.25) is 9.80 Å². The first-order chi connectivity index (χ1) is 11.1. The smallest absolute Gasteiger partial charge is 0.159 e. The van der Waals surface area contributed by atoms with Gasteiger partial charge in [-0.2, -0.15) is 0 Å². The number of aliphatic hydroxyl groups excluding tert-OH is 1. The molecule has 0 saturated carbocycles. The van der Waals surface area contributed by atoms with Gasteiger partial charge in [0.2, 0.25) is 0 Å². The zero-order chi connectivity index (χ0) is 16.2. The van der Waals surface area contributed by atoms with Crippen molar-refractivity contribution in [3.8, 4) is 0 Å². The molecule has 2 aliphatic rings. The highest BCUT2D eigenvalue weighted by Gasteiger charge is 2.27. The molecule has 0 aliphatic carbocycles. The van der Waals surface area contributed by atoms with Gasteiger partial charge in [0.15, 0.2) is 11.6 Å². The van der Waals surface area contributed by atoms with Crippen molar-refractivity contribution in [2.24, 2.45) is 0 Å². The molecule has 1 aromatic rings. The van der Waals surface area contributed by atoms with Gasteiger partial charge >= 0.3 is 0 Å². The van der Waals surface area contributed by atoms with Crippen molar-refractivity contribution < 1.29 is 13.9 Å². The van der Waals surface area contributed by atoms with Gasteiger partial charge in [0.1, 0.15) is 0 Å². The van der Waals surface area contributed by atoms with Gasteiger partial charge in [0.25, 0.3) is 0 Å². The molecule has 3 nitrogen and oxygen atoms in total. The molecule has 2 fully saturated rings. The summed E-state index contributed by atoms with van der Waals surface area (Å²) in [5.41, 5.74) is 0.448. The number of aliphatic hydroxyl groups is 1. The molecular formula is C18H26F2N2O. The van der Waals surface area contributed by atoms with Gasteiger partial charge in [-0.05, 0) is 63.0 Å². The van der Waals surface area contributed by atoms with E-state index >= 15 is 0 Å². The second-order valence-corrected chi connectivity index (χ2v) is 6.84. The minimum absolute atomic E-state index is 0.448. The van der Waals surface area contributed by atoms with E-state index in [9.17, 15) is 13.9 Å². The lowest BCUT2D eigenvalue weighted by Crippen LogP contribution is -2.50. The Hall–Kier alpha value is -1.04. The van der Waals surface area contributed by atoms with E-state index in [0.29, 0.717) is 18.2 Å². The Morgan fingerprint density at radius 2 is 1.83 bits per heavy atom. The summed E-state index contributed by atoms with van der Waals surface area (Å²) in [6.45, 7) is 4.77. The largest absolute Gasteiger partial charge is 0.387 e. The second-order valence-electron chi connectivity index (χ2n) is 6.84. The SMILES string of the molecule is O[C@H](CN1CCC[C@@H](N2CCCCC2)C1)c1ccc(F)c(F)c1. The van der Waals surface area contributed by atoms with Crippen LogP contribution in [0.4, 0.5) is 8.78 Å². The monoisotopic (exact) mass is 324 g/mol. The highest BCUT2D eigenvalue weighted by molar-refractivity contribution is 5.20. The normalized spacial score (nSPS) is 25.4. The minimum Gasteiger partial charge on any atom is -0.387 e. The van der Waals surface area contributed by atoms with Crippen LogP contribution in [0.25, 0.3) is 0 Å². The van der Waals surface area contributed by atoms with Crippen molar-refractivity contribution in [1.82, 2.24) is 9.80 Å². The number of halogens is 2. The number of β-amino-alcohol motifs (C(OH)–C–C–N with tert-alkyl or cyclic N) is 1. The Morgan fingerprint density at radius 1 is 1.04 bits per heavy atom. The van der Waals surface area contributed by atoms with E-state index in [0.717, 1.165) is 31.6 Å². The molecule has 23 heavy (non-hydrogen) atoms. The quantitative estimate of drug-likeness (QED) is 0.922. The van der Waals surface area contributed by atoms with Crippen LogP contribution in [0.5, 0.6) is 0 Å². The Balaban J connectivity index is 1.57. The molecule has 2 atom stereocenters. The Kier molecular flexibility index (Phi) is 5.62. The third-order valence-corrected chi connectivity index (χ3v) is 5.15. The number of likely N-dealkylation sites (tertiary alicyclic amines) is 2. The minimum atomic E-state index is -0.897. The lowest BCUT2D eigenvalue weighted by Gasteiger charge is -2.41. The van der Waals surface area contributed by atoms with Gasteiger partial charge in [0, 0.05) is 19.1 Å². The maximum atomic E-state index is 13.3. The molecule has 0 bridgehead atoms. The first kappa shape index (κ1) is 16.8. The van der Waals surface area contributed by atoms with Crippen LogP contribution in [-0.2, 0) is 0 Å². The molecule has 0 aromatic heterocycles. The van der Waals surface area contributed by atoms with Crippen LogP contribution in [0.1, 0.15) is 43.8 Å². The molecule has 0 amide bonds. The van der Waals surface area contributed by atoms with E-state index in [1.54, 1.807) is 0 Å². The Morgan fingerprint density at radius 3 is 2.57 bits per heavy atom. The molecule has 0 spiro atoms. The van der Waals surface area contributed by atoms with E-state index in [2.05, 4.69) is 9.80 Å².